The normalized spacial score (nSPS) is 10.6. The molecule has 0 unspecified atom stereocenters. The van der Waals surface area contributed by atoms with Crippen LogP contribution in [0.5, 0.6) is 5.75 Å². The molecule has 0 bridgehead atoms. The summed E-state index contributed by atoms with van der Waals surface area (Å²) in [4.78, 5) is 12.0. The highest BCUT2D eigenvalue weighted by Gasteiger charge is 2.13. The van der Waals surface area contributed by atoms with Gasteiger partial charge in [0.1, 0.15) is 5.75 Å². The maximum Gasteiger partial charge on any atom is 0.166 e. The zero-order chi connectivity index (χ0) is 12.1. The number of hydrogen-bond donors (Lipinski definition) is 0. The molecule has 16 heavy (non-hydrogen) atoms. The number of rotatable bonds is 5. The van der Waals surface area contributed by atoms with Crippen LogP contribution in [-0.2, 0) is 6.42 Å². The second-order valence-corrected chi connectivity index (χ2v) is 4.41. The fourth-order valence-corrected chi connectivity index (χ4v) is 1.67. The summed E-state index contributed by atoms with van der Waals surface area (Å²) in [7, 11) is 1.60. The average Bonchev–Trinajstić information content (AvgIpc) is 2.27. The van der Waals surface area contributed by atoms with Crippen molar-refractivity contribution in [2.45, 2.75) is 33.6 Å². The first-order valence-corrected chi connectivity index (χ1v) is 5.78. The summed E-state index contributed by atoms with van der Waals surface area (Å²) in [5.41, 5.74) is 1.89. The van der Waals surface area contributed by atoms with Gasteiger partial charge in [0, 0.05) is 6.42 Å². The minimum absolute atomic E-state index is 0.169. The molecular formula is C14H20O2. The molecule has 0 heterocycles. The molecule has 2 nitrogen and oxygen atoms in total. The number of carbonyl (C=O) groups excluding carboxylic acids is 1. The lowest BCUT2D eigenvalue weighted by atomic mass is 9.98. The number of methoxy groups -OCH3 is 1. The lowest BCUT2D eigenvalue weighted by Gasteiger charge is -2.10. The van der Waals surface area contributed by atoms with E-state index in [1.807, 2.05) is 32.0 Å². The van der Waals surface area contributed by atoms with Crippen LogP contribution in [0.3, 0.4) is 0 Å². The largest absolute Gasteiger partial charge is 0.496 e. The molecule has 0 aliphatic carbocycles. The first kappa shape index (κ1) is 12.8. The smallest absolute Gasteiger partial charge is 0.166 e. The van der Waals surface area contributed by atoms with Crippen molar-refractivity contribution >= 4 is 5.78 Å². The van der Waals surface area contributed by atoms with Crippen LogP contribution in [0.2, 0.25) is 0 Å². The molecular weight excluding hydrogens is 200 g/mol. The van der Waals surface area contributed by atoms with Gasteiger partial charge in [-0.05, 0) is 30.0 Å². The van der Waals surface area contributed by atoms with Gasteiger partial charge in [0.25, 0.3) is 0 Å². The SMILES string of the molecule is CCc1ccc(OC)c(C(=O)CC(C)C)c1. The molecule has 0 radical (unpaired) electrons. The number of ketones is 1. The molecule has 1 rings (SSSR count). The van der Waals surface area contributed by atoms with E-state index in [-0.39, 0.29) is 5.78 Å². The molecule has 88 valence electrons. The zero-order valence-corrected chi connectivity index (χ0v) is 10.5. The Balaban J connectivity index is 3.03. The summed E-state index contributed by atoms with van der Waals surface area (Å²) in [5, 5.41) is 0. The van der Waals surface area contributed by atoms with Crippen molar-refractivity contribution in [2.75, 3.05) is 7.11 Å². The Morgan fingerprint density at radius 2 is 2.06 bits per heavy atom. The fourth-order valence-electron chi connectivity index (χ4n) is 1.67. The van der Waals surface area contributed by atoms with Gasteiger partial charge >= 0.3 is 0 Å². The summed E-state index contributed by atoms with van der Waals surface area (Å²) >= 11 is 0. The van der Waals surface area contributed by atoms with E-state index in [4.69, 9.17) is 4.74 Å². The lowest BCUT2D eigenvalue weighted by Crippen LogP contribution is -2.06. The molecule has 0 N–H and O–H groups in total. The van der Waals surface area contributed by atoms with E-state index in [0.29, 0.717) is 18.1 Å². The monoisotopic (exact) mass is 220 g/mol. The Labute approximate surface area is 97.6 Å². The van der Waals surface area contributed by atoms with Crippen LogP contribution in [0.4, 0.5) is 0 Å². The second-order valence-electron chi connectivity index (χ2n) is 4.41. The maximum absolute atomic E-state index is 12.0. The van der Waals surface area contributed by atoms with Crippen molar-refractivity contribution in [1.82, 2.24) is 0 Å². The number of Topliss-reactive ketones (excluding diaryl/α,β-unsaturated/α-hetero) is 1. The summed E-state index contributed by atoms with van der Waals surface area (Å²) in [6.45, 7) is 6.18. The summed E-state index contributed by atoms with van der Waals surface area (Å²) in [6.07, 6.45) is 1.51. The van der Waals surface area contributed by atoms with E-state index < -0.39 is 0 Å². The van der Waals surface area contributed by atoms with Crippen LogP contribution in [0.1, 0.15) is 43.1 Å². The van der Waals surface area contributed by atoms with E-state index in [2.05, 4.69) is 6.92 Å². The molecule has 0 amide bonds. The second kappa shape index (κ2) is 5.69. The third-order valence-electron chi connectivity index (χ3n) is 2.57. The van der Waals surface area contributed by atoms with Crippen LogP contribution >= 0.6 is 0 Å². The van der Waals surface area contributed by atoms with Crippen molar-refractivity contribution < 1.29 is 9.53 Å². The van der Waals surface area contributed by atoms with Crippen molar-refractivity contribution in [1.29, 1.82) is 0 Å². The van der Waals surface area contributed by atoms with Crippen LogP contribution < -0.4 is 4.74 Å². The van der Waals surface area contributed by atoms with Crippen molar-refractivity contribution in [3.63, 3.8) is 0 Å². The van der Waals surface area contributed by atoms with E-state index in [1.54, 1.807) is 7.11 Å². The quantitative estimate of drug-likeness (QED) is 0.710. The predicted molar refractivity (Wildman–Crippen MR) is 66.2 cm³/mol. The van der Waals surface area contributed by atoms with Crippen LogP contribution in [0.25, 0.3) is 0 Å². The van der Waals surface area contributed by atoms with Crippen molar-refractivity contribution in [3.8, 4) is 5.75 Å². The van der Waals surface area contributed by atoms with Gasteiger partial charge in [0.05, 0.1) is 12.7 Å². The topological polar surface area (TPSA) is 26.3 Å². The summed E-state index contributed by atoms with van der Waals surface area (Å²) in [5.74, 6) is 1.23. The fraction of sp³-hybridized carbons (Fsp3) is 0.500. The highest BCUT2D eigenvalue weighted by Crippen LogP contribution is 2.23. The molecule has 0 saturated carbocycles. The highest BCUT2D eigenvalue weighted by molar-refractivity contribution is 5.98. The first-order chi connectivity index (χ1) is 7.58. The van der Waals surface area contributed by atoms with Gasteiger partial charge < -0.3 is 4.74 Å². The van der Waals surface area contributed by atoms with Gasteiger partial charge in [-0.3, -0.25) is 4.79 Å². The molecule has 0 saturated heterocycles. The molecule has 1 aromatic rings. The van der Waals surface area contributed by atoms with E-state index in [1.165, 1.54) is 5.56 Å². The Morgan fingerprint density at radius 3 is 2.56 bits per heavy atom. The van der Waals surface area contributed by atoms with E-state index in [9.17, 15) is 4.79 Å². The Kier molecular flexibility index (Phi) is 4.53. The number of benzene rings is 1. The van der Waals surface area contributed by atoms with Gasteiger partial charge in [0.2, 0.25) is 0 Å². The molecule has 0 aromatic heterocycles. The Morgan fingerprint density at radius 1 is 1.38 bits per heavy atom. The maximum atomic E-state index is 12.0. The van der Waals surface area contributed by atoms with Crippen LogP contribution in [0.15, 0.2) is 18.2 Å². The van der Waals surface area contributed by atoms with Crippen LogP contribution in [0, 0.1) is 5.92 Å². The van der Waals surface area contributed by atoms with Crippen LogP contribution in [-0.4, -0.2) is 12.9 Å². The first-order valence-electron chi connectivity index (χ1n) is 5.78. The number of hydrogen-bond acceptors (Lipinski definition) is 2. The predicted octanol–water partition coefficient (Wildman–Crippen LogP) is 3.49. The van der Waals surface area contributed by atoms with Gasteiger partial charge in [-0.25, -0.2) is 0 Å². The van der Waals surface area contributed by atoms with Gasteiger partial charge in [-0.15, -0.1) is 0 Å². The molecule has 0 spiro atoms. The number of aryl methyl sites for hydroxylation is 1. The van der Waals surface area contributed by atoms with E-state index in [0.717, 1.165) is 12.0 Å². The number of ether oxygens (including phenoxy) is 1. The molecule has 0 aliphatic rings. The molecule has 0 fully saturated rings. The molecule has 2 heteroatoms. The third-order valence-corrected chi connectivity index (χ3v) is 2.57. The van der Waals surface area contributed by atoms with Crippen molar-refractivity contribution in [2.24, 2.45) is 5.92 Å². The average molecular weight is 220 g/mol. The summed E-state index contributed by atoms with van der Waals surface area (Å²) < 4.78 is 5.23. The lowest BCUT2D eigenvalue weighted by molar-refractivity contribution is 0.0965. The summed E-state index contributed by atoms with van der Waals surface area (Å²) in [6, 6.07) is 5.83. The molecule has 0 atom stereocenters. The minimum Gasteiger partial charge on any atom is -0.496 e. The van der Waals surface area contributed by atoms with Gasteiger partial charge in [-0.1, -0.05) is 26.8 Å². The number of carbonyl (C=O) groups is 1. The Hall–Kier alpha value is -1.31. The Bertz CT molecular complexity index is 367. The zero-order valence-electron chi connectivity index (χ0n) is 10.5. The molecule has 1 aromatic carbocycles. The minimum atomic E-state index is 0.169. The van der Waals surface area contributed by atoms with E-state index >= 15 is 0 Å². The van der Waals surface area contributed by atoms with Gasteiger partial charge in [0.15, 0.2) is 5.78 Å². The molecule has 0 aliphatic heterocycles. The third kappa shape index (κ3) is 3.09. The highest BCUT2D eigenvalue weighted by atomic mass is 16.5. The van der Waals surface area contributed by atoms with Gasteiger partial charge in [-0.2, -0.15) is 0 Å². The van der Waals surface area contributed by atoms with Crippen molar-refractivity contribution in [3.05, 3.63) is 29.3 Å². The standard InChI is InChI=1S/C14H20O2/c1-5-11-6-7-14(16-4)12(9-11)13(15)8-10(2)3/h6-7,9-10H,5,8H2,1-4H3.